The van der Waals surface area contributed by atoms with Crippen molar-refractivity contribution in [2.45, 2.75) is 38.8 Å². The quantitative estimate of drug-likeness (QED) is 0.466. The number of hydroxylamine groups is 2. The van der Waals surface area contributed by atoms with Crippen LogP contribution in [0.4, 0.5) is 0 Å². The Bertz CT molecular complexity index is 915. The maximum absolute atomic E-state index is 13.3. The Morgan fingerprint density at radius 3 is 2.97 bits per heavy atom. The molecule has 156 valence electrons. The summed E-state index contributed by atoms with van der Waals surface area (Å²) in [5, 5.41) is 5.26. The summed E-state index contributed by atoms with van der Waals surface area (Å²) in [6.07, 6.45) is 6.30. The Morgan fingerprint density at radius 2 is 2.21 bits per heavy atom. The Balaban J connectivity index is 1.54. The number of benzene rings is 1. The molecule has 6 nitrogen and oxygen atoms in total. The van der Waals surface area contributed by atoms with Gasteiger partial charge < -0.3 is 15.2 Å². The zero-order valence-electron chi connectivity index (χ0n) is 18.0. The number of hydrogen-bond acceptors (Lipinski definition) is 2. The van der Waals surface area contributed by atoms with Crippen molar-refractivity contribution >= 4 is 22.4 Å². The van der Waals surface area contributed by atoms with E-state index in [0.29, 0.717) is 12.6 Å². The van der Waals surface area contributed by atoms with E-state index in [0.717, 1.165) is 25.9 Å². The summed E-state index contributed by atoms with van der Waals surface area (Å²) in [5.74, 6) is -0.0784. The van der Waals surface area contributed by atoms with Gasteiger partial charge in [0, 0.05) is 35.5 Å². The third-order valence-electron chi connectivity index (χ3n) is 6.05. The number of carbonyl (C=O) groups is 1. The predicted octanol–water partition coefficient (Wildman–Crippen LogP) is 0.372. The molecule has 1 aliphatic heterocycles. The monoisotopic (exact) mass is 398 g/mol. The van der Waals surface area contributed by atoms with Crippen LogP contribution in [0, 0.1) is 5.92 Å². The fourth-order valence-electron chi connectivity index (χ4n) is 4.61. The summed E-state index contributed by atoms with van der Waals surface area (Å²) >= 11 is 0. The molecule has 0 bridgehead atoms. The van der Waals surface area contributed by atoms with E-state index in [4.69, 9.17) is 4.84 Å². The predicted molar refractivity (Wildman–Crippen MR) is 114 cm³/mol. The first-order valence-electron chi connectivity index (χ1n) is 10.8. The molecule has 0 radical (unpaired) electrons. The summed E-state index contributed by atoms with van der Waals surface area (Å²) in [5.41, 5.74) is 5.14. The molecule has 0 saturated carbocycles. The van der Waals surface area contributed by atoms with Crippen molar-refractivity contribution in [3.8, 4) is 0 Å². The molecule has 4 N–H and O–H groups in total. The summed E-state index contributed by atoms with van der Waals surface area (Å²) in [6.45, 7) is 6.43. The van der Waals surface area contributed by atoms with Crippen LogP contribution in [0.25, 0.3) is 16.5 Å². The maximum Gasteiger partial charge on any atom is 0.259 e. The molecule has 2 heterocycles. The van der Waals surface area contributed by atoms with Gasteiger partial charge in [0.05, 0.1) is 39.8 Å². The number of aromatic nitrogens is 1. The number of nitrogens with two attached hydrogens (primary N) is 1. The van der Waals surface area contributed by atoms with Crippen LogP contribution in [0.2, 0.25) is 0 Å². The van der Waals surface area contributed by atoms with E-state index in [1.54, 1.807) is 5.06 Å². The lowest BCUT2D eigenvalue weighted by molar-refractivity contribution is -0.858. The molecule has 1 aromatic heterocycles. The zero-order chi connectivity index (χ0) is 20.5. The van der Waals surface area contributed by atoms with Crippen LogP contribution >= 0.6 is 0 Å². The van der Waals surface area contributed by atoms with Crippen LogP contribution in [-0.4, -0.2) is 61.8 Å². The topological polar surface area (TPSA) is 66.4 Å². The molecule has 2 atom stereocenters. The van der Waals surface area contributed by atoms with Crippen molar-refractivity contribution in [1.29, 1.82) is 0 Å². The Hall–Kier alpha value is -2.15. The van der Waals surface area contributed by atoms with Crippen molar-refractivity contribution in [3.05, 3.63) is 41.6 Å². The van der Waals surface area contributed by atoms with Crippen molar-refractivity contribution in [2.24, 2.45) is 5.92 Å². The molecular weight excluding hydrogens is 364 g/mol. The van der Waals surface area contributed by atoms with Gasteiger partial charge in [0.25, 0.3) is 5.91 Å². The maximum atomic E-state index is 13.3. The largest absolute Gasteiger partial charge is 0.361 e. The van der Waals surface area contributed by atoms with Gasteiger partial charge in [-0.25, -0.2) is 5.06 Å². The van der Waals surface area contributed by atoms with Crippen LogP contribution in [0.1, 0.15) is 31.4 Å². The number of hydrogen-bond donors (Lipinski definition) is 3. The second-order valence-electron chi connectivity index (χ2n) is 8.95. The van der Waals surface area contributed by atoms with E-state index in [1.165, 1.54) is 32.5 Å². The molecule has 0 spiro atoms. The van der Waals surface area contributed by atoms with Gasteiger partial charge in [-0.3, -0.25) is 9.63 Å². The Morgan fingerprint density at radius 1 is 1.38 bits per heavy atom. The fraction of sp³-hybridized carbons (Fsp3) is 0.522. The third kappa shape index (κ3) is 3.97. The van der Waals surface area contributed by atoms with E-state index < -0.39 is 0 Å². The lowest BCUT2D eigenvalue weighted by Crippen LogP contribution is -3.05. The van der Waals surface area contributed by atoms with Gasteiger partial charge in [-0.05, 0) is 31.0 Å². The minimum absolute atomic E-state index is 0.0244. The molecule has 0 unspecified atom stereocenters. The summed E-state index contributed by atoms with van der Waals surface area (Å²) in [4.78, 5) is 24.0. The highest BCUT2D eigenvalue weighted by Crippen LogP contribution is 2.36. The first kappa shape index (κ1) is 20.1. The molecule has 1 amide bonds. The second-order valence-corrected chi connectivity index (χ2v) is 8.95. The average molecular weight is 399 g/mol. The average Bonchev–Trinajstić information content (AvgIpc) is 3.11. The number of aromatic amines is 1. The molecule has 2 aromatic rings. The minimum Gasteiger partial charge on any atom is -0.361 e. The van der Waals surface area contributed by atoms with E-state index in [-0.39, 0.29) is 17.9 Å². The first-order chi connectivity index (χ1) is 14.0. The van der Waals surface area contributed by atoms with Gasteiger partial charge in [0.15, 0.2) is 0 Å². The number of quaternary nitrogens is 2. The van der Waals surface area contributed by atoms with Gasteiger partial charge in [-0.15, -0.1) is 0 Å². The first-order valence-corrected chi connectivity index (χ1v) is 10.8. The molecule has 1 aromatic carbocycles. The molecule has 0 fully saturated rings. The Labute approximate surface area is 172 Å². The van der Waals surface area contributed by atoms with Crippen LogP contribution in [0.5, 0.6) is 0 Å². The van der Waals surface area contributed by atoms with Gasteiger partial charge in [-0.2, -0.15) is 0 Å². The Kier molecular flexibility index (Phi) is 5.76. The van der Waals surface area contributed by atoms with Crippen molar-refractivity contribution in [2.75, 3.05) is 33.8 Å². The van der Waals surface area contributed by atoms with Gasteiger partial charge >= 0.3 is 0 Å². The van der Waals surface area contributed by atoms with E-state index >= 15 is 0 Å². The molecule has 29 heavy (non-hydrogen) atoms. The minimum atomic E-state index is -0.154. The van der Waals surface area contributed by atoms with E-state index in [2.05, 4.69) is 54.9 Å². The van der Waals surface area contributed by atoms with Gasteiger partial charge in [0.1, 0.15) is 12.0 Å². The molecule has 2 aliphatic rings. The van der Waals surface area contributed by atoms with Gasteiger partial charge in [-0.1, -0.05) is 18.2 Å². The van der Waals surface area contributed by atoms with Crippen LogP contribution in [0.3, 0.4) is 0 Å². The van der Waals surface area contributed by atoms with Crippen LogP contribution in [0.15, 0.2) is 30.5 Å². The number of rotatable bonds is 7. The zero-order valence-corrected chi connectivity index (χ0v) is 18.0. The molecular formula is C23H34N4O2+2. The number of nitrogens with one attached hydrogen (secondary N) is 2. The van der Waals surface area contributed by atoms with E-state index in [9.17, 15) is 4.79 Å². The number of nitrogens with zero attached hydrogens (tertiary/aromatic N) is 1. The lowest BCUT2D eigenvalue weighted by atomic mass is 9.80. The van der Waals surface area contributed by atoms with Crippen molar-refractivity contribution in [1.82, 2.24) is 10.0 Å². The van der Waals surface area contributed by atoms with Crippen molar-refractivity contribution in [3.63, 3.8) is 0 Å². The molecule has 0 saturated heterocycles. The molecule has 6 heteroatoms. The normalized spacial score (nSPS) is 20.8. The number of carbonyl (C=O) groups excluding carboxylic acids is 1. The number of amides is 1. The van der Waals surface area contributed by atoms with Crippen LogP contribution < -0.4 is 10.2 Å². The summed E-state index contributed by atoms with van der Waals surface area (Å²) < 4.78 is 0. The van der Waals surface area contributed by atoms with E-state index in [1.807, 2.05) is 13.8 Å². The number of H-pyrrole nitrogens is 1. The lowest BCUT2D eigenvalue weighted by Gasteiger charge is -2.33. The SMILES string of the molecule is CC(C)N(OCCC[NH+](C)C)C(=O)[C@@H]1C=C2c3cccc4[nH]cc(c34)C[C@H]2[NH2+]C1. The fourth-order valence-corrected chi connectivity index (χ4v) is 4.61. The highest BCUT2D eigenvalue weighted by atomic mass is 16.7. The second kappa shape index (κ2) is 8.30. The highest BCUT2D eigenvalue weighted by Gasteiger charge is 2.37. The van der Waals surface area contributed by atoms with Gasteiger partial charge in [0.2, 0.25) is 0 Å². The molecule has 4 rings (SSSR count). The summed E-state index contributed by atoms with van der Waals surface area (Å²) in [7, 11) is 4.26. The standard InChI is InChI=1S/C23H32N4O2/c1-15(2)27(29-10-6-9-26(3)4)23(28)17-11-19-18-7-5-8-20-22(18)16(13-24-20)12-21(19)25-14-17/h5,7-8,11,13,15,17,21,24-25H,6,9-10,12,14H2,1-4H3/p+2/t17-,21-/m1/s1. The van der Waals surface area contributed by atoms with Crippen molar-refractivity contribution < 1.29 is 19.8 Å². The smallest absolute Gasteiger partial charge is 0.259 e. The summed E-state index contributed by atoms with van der Waals surface area (Å²) in [6, 6.07) is 6.84. The molecule has 1 aliphatic carbocycles. The van der Waals surface area contributed by atoms with Crippen LogP contribution in [-0.2, 0) is 16.1 Å². The highest BCUT2D eigenvalue weighted by molar-refractivity contribution is 5.98. The number of fused-ring (bicyclic) bond motifs is 2. The third-order valence-corrected chi connectivity index (χ3v) is 6.05.